The molecule has 1 saturated heterocycles. The van der Waals surface area contributed by atoms with Crippen LogP contribution in [0.1, 0.15) is 12.8 Å². The zero-order chi connectivity index (χ0) is 20.6. The standard InChI is InChI=1S/C19H22F2N4O3S/c1-23-12-8-22-19(23)29(26,27)25-10-5-14(6-11-25)28-17-4-2-3-16-15(17)7-9-24(16)13-18(20)21/h2-4,7-9,12,14,18H,5-6,10-11,13H2,1H3. The van der Waals surface area contributed by atoms with Crippen molar-refractivity contribution >= 4 is 20.9 Å². The molecule has 0 saturated carbocycles. The first-order chi connectivity index (χ1) is 13.9. The Morgan fingerprint density at radius 3 is 2.62 bits per heavy atom. The van der Waals surface area contributed by atoms with Crippen molar-refractivity contribution in [2.24, 2.45) is 7.05 Å². The van der Waals surface area contributed by atoms with Crippen molar-refractivity contribution in [1.29, 1.82) is 0 Å². The van der Waals surface area contributed by atoms with Gasteiger partial charge in [-0.25, -0.2) is 22.2 Å². The summed E-state index contributed by atoms with van der Waals surface area (Å²) in [5.74, 6) is 0.626. The second kappa shape index (κ2) is 7.75. The molecular weight excluding hydrogens is 402 g/mol. The van der Waals surface area contributed by atoms with Crippen LogP contribution in [0, 0.1) is 0 Å². The van der Waals surface area contributed by atoms with Crippen molar-refractivity contribution in [1.82, 2.24) is 18.4 Å². The maximum atomic E-state index is 12.7. The summed E-state index contributed by atoms with van der Waals surface area (Å²) in [4.78, 5) is 3.95. The number of alkyl halides is 2. The number of hydrogen-bond acceptors (Lipinski definition) is 4. The summed E-state index contributed by atoms with van der Waals surface area (Å²) in [5.41, 5.74) is 0.692. The van der Waals surface area contributed by atoms with Crippen molar-refractivity contribution in [3.8, 4) is 5.75 Å². The van der Waals surface area contributed by atoms with Gasteiger partial charge < -0.3 is 13.9 Å². The van der Waals surface area contributed by atoms with E-state index in [1.807, 2.05) is 6.07 Å². The van der Waals surface area contributed by atoms with Crippen LogP contribution in [0.15, 0.2) is 48.0 Å². The lowest BCUT2D eigenvalue weighted by Gasteiger charge is -2.31. The van der Waals surface area contributed by atoms with E-state index in [9.17, 15) is 17.2 Å². The van der Waals surface area contributed by atoms with Gasteiger partial charge in [-0.2, -0.15) is 4.31 Å². The highest BCUT2D eigenvalue weighted by atomic mass is 32.2. The number of aryl methyl sites for hydroxylation is 1. The number of aromatic nitrogens is 3. The van der Waals surface area contributed by atoms with E-state index in [0.29, 0.717) is 37.2 Å². The first kappa shape index (κ1) is 19.8. The normalized spacial score (nSPS) is 16.7. The number of ether oxygens (including phenoxy) is 1. The Morgan fingerprint density at radius 1 is 1.21 bits per heavy atom. The van der Waals surface area contributed by atoms with Crippen LogP contribution in [0.25, 0.3) is 10.9 Å². The molecule has 29 heavy (non-hydrogen) atoms. The van der Waals surface area contributed by atoms with E-state index in [2.05, 4.69) is 4.98 Å². The number of halogens is 2. The lowest BCUT2D eigenvalue weighted by molar-refractivity contribution is 0.128. The highest BCUT2D eigenvalue weighted by molar-refractivity contribution is 7.89. The second-order valence-corrected chi connectivity index (χ2v) is 8.92. The van der Waals surface area contributed by atoms with Gasteiger partial charge in [-0.1, -0.05) is 6.07 Å². The molecule has 1 aliphatic heterocycles. The lowest BCUT2D eigenvalue weighted by Crippen LogP contribution is -2.42. The summed E-state index contributed by atoms with van der Waals surface area (Å²) in [6.07, 6.45) is 3.20. The SMILES string of the molecule is Cn1ccnc1S(=O)(=O)N1CCC(Oc2cccc3c2ccn3CC(F)F)CC1. The van der Waals surface area contributed by atoms with Gasteiger partial charge in [0.1, 0.15) is 11.9 Å². The summed E-state index contributed by atoms with van der Waals surface area (Å²) in [7, 11) is -1.98. The Hall–Kier alpha value is -2.46. The molecule has 1 aliphatic rings. The van der Waals surface area contributed by atoms with Gasteiger partial charge in [-0.05, 0) is 31.0 Å². The number of fused-ring (bicyclic) bond motifs is 1. The highest BCUT2D eigenvalue weighted by Gasteiger charge is 2.32. The molecule has 1 fully saturated rings. The van der Waals surface area contributed by atoms with Crippen LogP contribution >= 0.6 is 0 Å². The summed E-state index contributed by atoms with van der Waals surface area (Å²) in [6.45, 7) is 0.306. The molecule has 3 aromatic rings. The average molecular weight is 424 g/mol. The third-order valence-corrected chi connectivity index (χ3v) is 7.05. The number of imidazole rings is 1. The van der Waals surface area contributed by atoms with Crippen LogP contribution in [0.2, 0.25) is 0 Å². The van der Waals surface area contributed by atoms with Gasteiger partial charge >= 0.3 is 0 Å². The van der Waals surface area contributed by atoms with Crippen LogP contribution in [0.4, 0.5) is 8.78 Å². The van der Waals surface area contributed by atoms with E-state index in [1.165, 1.54) is 19.6 Å². The molecule has 156 valence electrons. The summed E-state index contributed by atoms with van der Waals surface area (Å²) in [5, 5.41) is 0.804. The maximum absolute atomic E-state index is 12.7. The molecule has 10 heteroatoms. The largest absolute Gasteiger partial charge is 0.490 e. The van der Waals surface area contributed by atoms with E-state index >= 15 is 0 Å². The fourth-order valence-electron chi connectivity index (χ4n) is 3.69. The van der Waals surface area contributed by atoms with E-state index in [-0.39, 0.29) is 17.8 Å². The molecule has 2 aromatic heterocycles. The van der Waals surface area contributed by atoms with Gasteiger partial charge in [0.05, 0.1) is 12.1 Å². The van der Waals surface area contributed by atoms with Gasteiger partial charge in [-0.3, -0.25) is 0 Å². The number of benzene rings is 1. The maximum Gasteiger partial charge on any atom is 0.277 e. The van der Waals surface area contributed by atoms with Crippen molar-refractivity contribution in [3.05, 3.63) is 42.9 Å². The predicted molar refractivity (Wildman–Crippen MR) is 104 cm³/mol. The van der Waals surface area contributed by atoms with Gasteiger partial charge in [0.15, 0.2) is 0 Å². The Labute approximate surface area is 167 Å². The number of sulfonamides is 1. The minimum absolute atomic E-state index is 0.0296. The van der Waals surface area contributed by atoms with Crippen molar-refractivity contribution in [2.45, 2.75) is 37.1 Å². The van der Waals surface area contributed by atoms with Gasteiger partial charge in [0.2, 0.25) is 5.16 Å². The second-order valence-electron chi connectivity index (χ2n) is 7.09. The summed E-state index contributed by atoms with van der Waals surface area (Å²) in [6, 6.07) is 7.15. The fourth-order valence-corrected chi connectivity index (χ4v) is 5.23. The Balaban J connectivity index is 1.45. The average Bonchev–Trinajstić information content (AvgIpc) is 3.29. The molecule has 0 unspecified atom stereocenters. The van der Waals surface area contributed by atoms with Crippen LogP contribution in [-0.4, -0.2) is 52.5 Å². The smallest absolute Gasteiger partial charge is 0.277 e. The summed E-state index contributed by atoms with van der Waals surface area (Å²) >= 11 is 0. The minimum atomic E-state index is -3.63. The number of rotatable bonds is 6. The van der Waals surface area contributed by atoms with E-state index in [1.54, 1.807) is 37.6 Å². The molecule has 3 heterocycles. The quantitative estimate of drug-likeness (QED) is 0.610. The number of piperidine rings is 1. The Kier molecular flexibility index (Phi) is 5.30. The van der Waals surface area contributed by atoms with Crippen LogP contribution in [0.3, 0.4) is 0 Å². The van der Waals surface area contributed by atoms with E-state index in [4.69, 9.17) is 4.74 Å². The van der Waals surface area contributed by atoms with E-state index in [0.717, 1.165) is 5.39 Å². The first-order valence-electron chi connectivity index (χ1n) is 9.36. The van der Waals surface area contributed by atoms with Crippen LogP contribution < -0.4 is 4.74 Å². The molecular formula is C19H22F2N4O3S. The first-order valence-corrected chi connectivity index (χ1v) is 10.8. The molecule has 0 bridgehead atoms. The highest BCUT2D eigenvalue weighted by Crippen LogP contribution is 2.30. The third-order valence-electron chi connectivity index (χ3n) is 5.15. The molecule has 0 atom stereocenters. The number of hydrogen-bond donors (Lipinski definition) is 0. The van der Waals surface area contributed by atoms with Crippen molar-refractivity contribution in [3.63, 3.8) is 0 Å². The lowest BCUT2D eigenvalue weighted by atomic mass is 10.1. The fraction of sp³-hybridized carbons (Fsp3) is 0.421. The van der Waals surface area contributed by atoms with E-state index < -0.39 is 16.4 Å². The monoisotopic (exact) mass is 424 g/mol. The Bertz CT molecular complexity index is 1100. The van der Waals surface area contributed by atoms with Crippen LogP contribution in [-0.2, 0) is 23.6 Å². The minimum Gasteiger partial charge on any atom is -0.490 e. The van der Waals surface area contributed by atoms with Gasteiger partial charge in [0, 0.05) is 44.1 Å². The number of nitrogens with zero attached hydrogens (tertiary/aromatic N) is 4. The Morgan fingerprint density at radius 2 is 1.97 bits per heavy atom. The van der Waals surface area contributed by atoms with Crippen LogP contribution in [0.5, 0.6) is 5.75 Å². The zero-order valence-electron chi connectivity index (χ0n) is 15.9. The molecule has 0 radical (unpaired) electrons. The molecule has 0 aliphatic carbocycles. The molecule has 0 amide bonds. The molecule has 7 nitrogen and oxygen atoms in total. The molecule has 4 rings (SSSR count). The van der Waals surface area contributed by atoms with Crippen molar-refractivity contribution in [2.75, 3.05) is 13.1 Å². The molecule has 0 N–H and O–H groups in total. The molecule has 1 aromatic carbocycles. The predicted octanol–water partition coefficient (Wildman–Crippen LogP) is 2.87. The zero-order valence-corrected chi connectivity index (χ0v) is 16.7. The third kappa shape index (κ3) is 3.86. The van der Waals surface area contributed by atoms with Gasteiger partial charge in [-0.15, -0.1) is 0 Å². The van der Waals surface area contributed by atoms with Crippen molar-refractivity contribution < 1.29 is 21.9 Å². The molecule has 0 spiro atoms. The summed E-state index contributed by atoms with van der Waals surface area (Å²) < 4.78 is 61.5. The topological polar surface area (TPSA) is 69.4 Å². The van der Waals surface area contributed by atoms with Gasteiger partial charge in [0.25, 0.3) is 16.4 Å².